The number of carbonyl (C=O) groups is 2. The molecule has 0 saturated carbocycles. The van der Waals surface area contributed by atoms with E-state index in [-0.39, 0.29) is 18.9 Å². The smallest absolute Gasteiger partial charge is 0.245 e. The first-order valence-corrected chi connectivity index (χ1v) is 8.14. The highest BCUT2D eigenvalue weighted by atomic mass is 16.5. The van der Waals surface area contributed by atoms with E-state index in [4.69, 9.17) is 10.5 Å². The summed E-state index contributed by atoms with van der Waals surface area (Å²) in [7, 11) is 1.52. The fraction of sp³-hybridized carbons (Fsp3) is 0.368. The van der Waals surface area contributed by atoms with E-state index < -0.39 is 11.4 Å². The summed E-state index contributed by atoms with van der Waals surface area (Å²) in [6.07, 6.45) is 1.57. The van der Waals surface area contributed by atoms with E-state index in [0.29, 0.717) is 13.0 Å². The standard InChI is InChI=1S/C19H22N2O3/c1-24-13-19(18(20)23)9-4-10-21(19)17(22)12-14-7-8-15-5-2-3-6-16(15)11-14/h2-3,5-8,11H,4,9-10,12-13H2,1H3,(H2,20,23). The van der Waals surface area contributed by atoms with Gasteiger partial charge in [0.05, 0.1) is 13.0 Å². The minimum Gasteiger partial charge on any atom is -0.382 e. The van der Waals surface area contributed by atoms with E-state index in [2.05, 4.69) is 0 Å². The van der Waals surface area contributed by atoms with Gasteiger partial charge in [0.15, 0.2) is 0 Å². The number of hydrogen-bond donors (Lipinski definition) is 1. The second-order valence-electron chi connectivity index (χ2n) is 6.34. The Kier molecular flexibility index (Phi) is 4.53. The quantitative estimate of drug-likeness (QED) is 0.912. The van der Waals surface area contributed by atoms with Gasteiger partial charge >= 0.3 is 0 Å². The van der Waals surface area contributed by atoms with Gasteiger partial charge in [-0.1, -0.05) is 42.5 Å². The maximum absolute atomic E-state index is 12.8. The van der Waals surface area contributed by atoms with Crippen LogP contribution in [-0.2, 0) is 20.7 Å². The number of likely N-dealkylation sites (tertiary alicyclic amines) is 1. The molecule has 2 aromatic carbocycles. The average molecular weight is 326 g/mol. The third kappa shape index (κ3) is 2.87. The van der Waals surface area contributed by atoms with E-state index in [1.165, 1.54) is 7.11 Å². The number of benzene rings is 2. The van der Waals surface area contributed by atoms with Gasteiger partial charge in [-0.2, -0.15) is 0 Å². The van der Waals surface area contributed by atoms with Crippen molar-refractivity contribution in [2.45, 2.75) is 24.8 Å². The fourth-order valence-corrected chi connectivity index (χ4v) is 3.58. The number of rotatable bonds is 5. The Bertz CT molecular complexity index is 774. The third-order valence-corrected chi connectivity index (χ3v) is 4.80. The van der Waals surface area contributed by atoms with E-state index in [1.54, 1.807) is 4.90 Å². The van der Waals surface area contributed by atoms with Crippen LogP contribution in [0.1, 0.15) is 18.4 Å². The maximum atomic E-state index is 12.8. The van der Waals surface area contributed by atoms with Crippen LogP contribution in [0.4, 0.5) is 0 Å². The Morgan fingerprint density at radius 2 is 1.96 bits per heavy atom. The van der Waals surface area contributed by atoms with Crippen LogP contribution < -0.4 is 5.73 Å². The minimum atomic E-state index is -1.01. The number of nitrogens with two attached hydrogens (primary N) is 1. The molecule has 0 bridgehead atoms. The molecule has 2 aromatic rings. The zero-order valence-corrected chi connectivity index (χ0v) is 13.8. The molecule has 3 rings (SSSR count). The highest BCUT2D eigenvalue weighted by Crippen LogP contribution is 2.30. The predicted molar refractivity (Wildman–Crippen MR) is 92.4 cm³/mol. The topological polar surface area (TPSA) is 72.6 Å². The lowest BCUT2D eigenvalue weighted by molar-refractivity contribution is -0.146. The number of hydrogen-bond acceptors (Lipinski definition) is 3. The molecule has 1 heterocycles. The minimum absolute atomic E-state index is 0.0846. The van der Waals surface area contributed by atoms with Crippen molar-refractivity contribution in [2.24, 2.45) is 5.73 Å². The number of ether oxygens (including phenoxy) is 1. The van der Waals surface area contributed by atoms with Crippen molar-refractivity contribution in [2.75, 3.05) is 20.3 Å². The Balaban J connectivity index is 1.83. The lowest BCUT2D eigenvalue weighted by atomic mass is 9.95. The van der Waals surface area contributed by atoms with Crippen molar-refractivity contribution < 1.29 is 14.3 Å². The van der Waals surface area contributed by atoms with E-state index in [0.717, 1.165) is 22.8 Å². The molecule has 1 saturated heterocycles. The number of primary amides is 1. The first kappa shape index (κ1) is 16.5. The van der Waals surface area contributed by atoms with Gasteiger partial charge in [0.1, 0.15) is 5.54 Å². The molecular formula is C19H22N2O3. The molecule has 2 amide bonds. The molecule has 126 valence electrons. The molecule has 2 N–H and O–H groups in total. The predicted octanol–water partition coefficient (Wildman–Crippen LogP) is 1.88. The fourth-order valence-electron chi connectivity index (χ4n) is 3.58. The summed E-state index contributed by atoms with van der Waals surface area (Å²) in [4.78, 5) is 26.4. The van der Waals surface area contributed by atoms with Crippen LogP contribution in [0.5, 0.6) is 0 Å². The van der Waals surface area contributed by atoms with Gasteiger partial charge in [-0.25, -0.2) is 0 Å². The van der Waals surface area contributed by atoms with Crippen molar-refractivity contribution >= 4 is 22.6 Å². The molecule has 0 aliphatic carbocycles. The van der Waals surface area contributed by atoms with Gasteiger partial charge in [0.2, 0.25) is 11.8 Å². The van der Waals surface area contributed by atoms with Crippen molar-refractivity contribution in [3.63, 3.8) is 0 Å². The number of fused-ring (bicyclic) bond motifs is 1. The number of amides is 2. The molecule has 24 heavy (non-hydrogen) atoms. The highest BCUT2D eigenvalue weighted by Gasteiger charge is 2.48. The summed E-state index contributed by atoms with van der Waals surface area (Å²) in [5, 5.41) is 2.24. The maximum Gasteiger partial charge on any atom is 0.245 e. The van der Waals surface area contributed by atoms with Crippen LogP contribution in [0.2, 0.25) is 0 Å². The molecule has 1 fully saturated rings. The van der Waals surface area contributed by atoms with Crippen molar-refractivity contribution in [1.82, 2.24) is 4.90 Å². The highest BCUT2D eigenvalue weighted by molar-refractivity contribution is 5.92. The summed E-state index contributed by atoms with van der Waals surface area (Å²) in [5.41, 5.74) is 5.52. The van der Waals surface area contributed by atoms with Gasteiger partial charge in [-0.05, 0) is 29.2 Å². The zero-order chi connectivity index (χ0) is 17.2. The average Bonchev–Trinajstić information content (AvgIpc) is 3.00. The monoisotopic (exact) mass is 326 g/mol. The molecule has 1 aliphatic rings. The molecule has 5 nitrogen and oxygen atoms in total. The summed E-state index contributed by atoms with van der Waals surface area (Å²) >= 11 is 0. The third-order valence-electron chi connectivity index (χ3n) is 4.80. The van der Waals surface area contributed by atoms with Crippen LogP contribution in [0.15, 0.2) is 42.5 Å². The lowest BCUT2D eigenvalue weighted by Crippen LogP contribution is -2.59. The molecule has 0 spiro atoms. The Hall–Kier alpha value is -2.40. The first-order chi connectivity index (χ1) is 11.6. The first-order valence-electron chi connectivity index (χ1n) is 8.14. The number of carbonyl (C=O) groups excluding carboxylic acids is 2. The van der Waals surface area contributed by atoms with Gasteiger partial charge < -0.3 is 15.4 Å². The summed E-state index contributed by atoms with van der Waals surface area (Å²) in [6.45, 7) is 0.685. The SMILES string of the molecule is COCC1(C(N)=O)CCCN1C(=O)Cc1ccc2ccccc2c1. The van der Waals surface area contributed by atoms with Gasteiger partial charge in [-0.3, -0.25) is 9.59 Å². The molecule has 1 atom stereocenters. The molecule has 0 aromatic heterocycles. The van der Waals surface area contributed by atoms with Crippen LogP contribution >= 0.6 is 0 Å². The molecule has 0 radical (unpaired) electrons. The Morgan fingerprint density at radius 1 is 1.21 bits per heavy atom. The second-order valence-corrected chi connectivity index (χ2v) is 6.34. The van der Waals surface area contributed by atoms with E-state index in [1.807, 2.05) is 42.5 Å². The van der Waals surface area contributed by atoms with Crippen LogP contribution in [0, 0.1) is 0 Å². The van der Waals surface area contributed by atoms with Crippen molar-refractivity contribution in [1.29, 1.82) is 0 Å². The molecular weight excluding hydrogens is 304 g/mol. The van der Waals surface area contributed by atoms with Gasteiger partial charge in [0.25, 0.3) is 0 Å². The number of methoxy groups -OCH3 is 1. The lowest BCUT2D eigenvalue weighted by Gasteiger charge is -2.35. The van der Waals surface area contributed by atoms with E-state index >= 15 is 0 Å². The second kappa shape index (κ2) is 6.61. The number of nitrogens with zero attached hydrogens (tertiary/aromatic N) is 1. The van der Waals surface area contributed by atoms with Crippen molar-refractivity contribution in [3.8, 4) is 0 Å². The summed E-state index contributed by atoms with van der Waals surface area (Å²) < 4.78 is 5.18. The summed E-state index contributed by atoms with van der Waals surface area (Å²) in [6, 6.07) is 14.0. The largest absolute Gasteiger partial charge is 0.382 e. The normalized spacial score (nSPS) is 20.5. The van der Waals surface area contributed by atoms with Gasteiger partial charge in [-0.15, -0.1) is 0 Å². The van der Waals surface area contributed by atoms with Gasteiger partial charge in [0, 0.05) is 13.7 Å². The van der Waals surface area contributed by atoms with E-state index in [9.17, 15) is 9.59 Å². The van der Waals surface area contributed by atoms with Crippen LogP contribution in [-0.4, -0.2) is 42.5 Å². The Morgan fingerprint density at radius 3 is 2.67 bits per heavy atom. The van der Waals surface area contributed by atoms with Crippen LogP contribution in [0.3, 0.4) is 0 Å². The summed E-state index contributed by atoms with van der Waals surface area (Å²) in [5.74, 6) is -0.577. The molecule has 1 aliphatic heterocycles. The van der Waals surface area contributed by atoms with Crippen molar-refractivity contribution in [3.05, 3.63) is 48.0 Å². The zero-order valence-electron chi connectivity index (χ0n) is 13.8. The van der Waals surface area contributed by atoms with Crippen LogP contribution in [0.25, 0.3) is 10.8 Å². The molecule has 5 heteroatoms. The Labute approximate surface area is 141 Å². The molecule has 1 unspecified atom stereocenters.